The standard InChI is InChI=1S/C21H19N5O2/c27-21(26-9-11-28-12-10-26)14-5-6-15-18(13-14)25-20(17-4-2-8-23-17)19(24-15)16-3-1-7-22-16/h1-8,13,22-23H,9-12H2. The molecule has 3 aromatic heterocycles. The highest BCUT2D eigenvalue weighted by molar-refractivity contribution is 5.98. The SMILES string of the molecule is O=C(c1ccc2nc(-c3ccc[nH]3)c(-c3ccc[nH]3)nc2c1)N1CCOCC1. The molecule has 0 aliphatic carbocycles. The second-order valence-corrected chi connectivity index (χ2v) is 6.70. The first-order valence-corrected chi connectivity index (χ1v) is 9.26. The number of rotatable bonds is 3. The Bertz CT molecular complexity index is 1110. The minimum Gasteiger partial charge on any atom is -0.378 e. The van der Waals surface area contributed by atoms with Gasteiger partial charge in [0.2, 0.25) is 0 Å². The molecule has 2 N–H and O–H groups in total. The normalized spacial score (nSPS) is 14.5. The van der Waals surface area contributed by atoms with Crippen molar-refractivity contribution in [3.05, 3.63) is 60.4 Å². The van der Waals surface area contributed by atoms with Gasteiger partial charge in [-0.2, -0.15) is 0 Å². The lowest BCUT2D eigenvalue weighted by Crippen LogP contribution is -2.40. The molecule has 1 aromatic carbocycles. The van der Waals surface area contributed by atoms with E-state index in [0.29, 0.717) is 37.4 Å². The molecule has 0 spiro atoms. The summed E-state index contributed by atoms with van der Waals surface area (Å²) in [6.07, 6.45) is 3.72. The molecule has 1 aliphatic rings. The number of carbonyl (C=O) groups is 1. The number of nitrogens with zero attached hydrogens (tertiary/aromatic N) is 3. The number of ether oxygens (including phenoxy) is 1. The third kappa shape index (κ3) is 2.95. The fourth-order valence-corrected chi connectivity index (χ4v) is 3.47. The molecule has 1 fully saturated rings. The van der Waals surface area contributed by atoms with Crippen LogP contribution in [-0.4, -0.2) is 57.0 Å². The molecular formula is C21H19N5O2. The van der Waals surface area contributed by atoms with E-state index in [2.05, 4.69) is 9.97 Å². The van der Waals surface area contributed by atoms with Gasteiger partial charge in [-0.3, -0.25) is 4.79 Å². The third-order valence-electron chi connectivity index (χ3n) is 4.92. The van der Waals surface area contributed by atoms with Crippen LogP contribution in [0.4, 0.5) is 0 Å². The summed E-state index contributed by atoms with van der Waals surface area (Å²) in [6, 6.07) is 13.3. The van der Waals surface area contributed by atoms with Crippen molar-refractivity contribution >= 4 is 16.9 Å². The topological polar surface area (TPSA) is 86.9 Å². The summed E-state index contributed by atoms with van der Waals surface area (Å²) in [5.74, 6) is 0.00173. The predicted octanol–water partition coefficient (Wildman–Crippen LogP) is 3.09. The van der Waals surface area contributed by atoms with Gasteiger partial charge in [0.15, 0.2) is 0 Å². The average molecular weight is 373 g/mol. The van der Waals surface area contributed by atoms with E-state index in [4.69, 9.17) is 14.7 Å². The maximum Gasteiger partial charge on any atom is 0.254 e. The summed E-state index contributed by atoms with van der Waals surface area (Å²) in [5, 5.41) is 0. The number of amides is 1. The number of benzene rings is 1. The second-order valence-electron chi connectivity index (χ2n) is 6.70. The van der Waals surface area contributed by atoms with Crippen LogP contribution in [0.15, 0.2) is 54.9 Å². The zero-order chi connectivity index (χ0) is 18.9. The summed E-state index contributed by atoms with van der Waals surface area (Å²) in [5.41, 5.74) is 5.35. The molecule has 0 unspecified atom stereocenters. The molecule has 7 heteroatoms. The smallest absolute Gasteiger partial charge is 0.254 e. The van der Waals surface area contributed by atoms with E-state index in [-0.39, 0.29) is 5.91 Å². The lowest BCUT2D eigenvalue weighted by atomic mass is 10.1. The van der Waals surface area contributed by atoms with Crippen LogP contribution >= 0.6 is 0 Å². The van der Waals surface area contributed by atoms with Gasteiger partial charge in [-0.1, -0.05) is 0 Å². The highest BCUT2D eigenvalue weighted by atomic mass is 16.5. The molecule has 1 amide bonds. The van der Waals surface area contributed by atoms with Gasteiger partial charge in [-0.05, 0) is 42.5 Å². The Labute approximate surface area is 161 Å². The Hall–Kier alpha value is -3.45. The largest absolute Gasteiger partial charge is 0.378 e. The summed E-state index contributed by atoms with van der Waals surface area (Å²) >= 11 is 0. The number of morpholine rings is 1. The number of hydrogen-bond acceptors (Lipinski definition) is 4. The Morgan fingerprint density at radius 3 is 2.14 bits per heavy atom. The van der Waals surface area contributed by atoms with Crippen LogP contribution in [0.25, 0.3) is 33.8 Å². The summed E-state index contributed by atoms with van der Waals surface area (Å²) in [4.78, 5) is 30.7. The van der Waals surface area contributed by atoms with E-state index >= 15 is 0 Å². The minimum atomic E-state index is 0.00173. The number of aromatic nitrogens is 4. The number of fused-ring (bicyclic) bond motifs is 1. The fourth-order valence-electron chi connectivity index (χ4n) is 3.47. The quantitative estimate of drug-likeness (QED) is 0.578. The lowest BCUT2D eigenvalue weighted by Gasteiger charge is -2.26. The van der Waals surface area contributed by atoms with E-state index in [1.54, 1.807) is 0 Å². The molecule has 4 heterocycles. The van der Waals surface area contributed by atoms with E-state index in [1.807, 2.05) is 59.8 Å². The Kier molecular flexibility index (Phi) is 4.14. The molecule has 4 aromatic rings. The van der Waals surface area contributed by atoms with Crippen LogP contribution in [0, 0.1) is 0 Å². The monoisotopic (exact) mass is 373 g/mol. The van der Waals surface area contributed by atoms with Crippen molar-refractivity contribution in [3.8, 4) is 22.8 Å². The molecule has 1 aliphatic heterocycles. The maximum absolute atomic E-state index is 12.8. The Balaban J connectivity index is 1.61. The lowest BCUT2D eigenvalue weighted by molar-refractivity contribution is 0.0303. The van der Waals surface area contributed by atoms with Gasteiger partial charge in [-0.15, -0.1) is 0 Å². The van der Waals surface area contributed by atoms with Gasteiger partial charge in [0.1, 0.15) is 11.4 Å². The average Bonchev–Trinajstić information content (AvgIpc) is 3.46. The van der Waals surface area contributed by atoms with Crippen LogP contribution in [-0.2, 0) is 4.74 Å². The fraction of sp³-hybridized carbons (Fsp3) is 0.190. The van der Waals surface area contributed by atoms with Crippen molar-refractivity contribution in [2.45, 2.75) is 0 Å². The van der Waals surface area contributed by atoms with Crippen LogP contribution in [0.2, 0.25) is 0 Å². The van der Waals surface area contributed by atoms with Crippen molar-refractivity contribution in [3.63, 3.8) is 0 Å². The van der Waals surface area contributed by atoms with Crippen LogP contribution in [0.5, 0.6) is 0 Å². The highest BCUT2D eigenvalue weighted by Crippen LogP contribution is 2.29. The van der Waals surface area contributed by atoms with Crippen LogP contribution in [0.3, 0.4) is 0 Å². The Morgan fingerprint density at radius 2 is 1.54 bits per heavy atom. The molecule has 0 bridgehead atoms. The predicted molar refractivity (Wildman–Crippen MR) is 106 cm³/mol. The van der Waals surface area contributed by atoms with Gasteiger partial charge in [0.05, 0.1) is 35.6 Å². The third-order valence-corrected chi connectivity index (χ3v) is 4.92. The molecule has 1 saturated heterocycles. The summed E-state index contributed by atoms with van der Waals surface area (Å²) in [7, 11) is 0. The van der Waals surface area contributed by atoms with Crippen LogP contribution in [0.1, 0.15) is 10.4 Å². The molecule has 7 nitrogen and oxygen atoms in total. The van der Waals surface area contributed by atoms with Crippen molar-refractivity contribution in [1.82, 2.24) is 24.8 Å². The first-order valence-electron chi connectivity index (χ1n) is 9.26. The first-order chi connectivity index (χ1) is 13.8. The minimum absolute atomic E-state index is 0.00173. The van der Waals surface area contributed by atoms with Gasteiger partial charge in [0.25, 0.3) is 5.91 Å². The molecule has 28 heavy (non-hydrogen) atoms. The summed E-state index contributed by atoms with van der Waals surface area (Å²) in [6.45, 7) is 2.38. The Morgan fingerprint density at radius 1 is 0.893 bits per heavy atom. The van der Waals surface area contributed by atoms with Gasteiger partial charge >= 0.3 is 0 Å². The van der Waals surface area contributed by atoms with Crippen molar-refractivity contribution in [1.29, 1.82) is 0 Å². The first kappa shape index (κ1) is 16.7. The number of nitrogens with one attached hydrogen (secondary N) is 2. The van der Waals surface area contributed by atoms with Crippen molar-refractivity contribution < 1.29 is 9.53 Å². The zero-order valence-corrected chi connectivity index (χ0v) is 15.2. The molecule has 0 saturated carbocycles. The van der Waals surface area contributed by atoms with E-state index in [1.165, 1.54) is 0 Å². The summed E-state index contributed by atoms with van der Waals surface area (Å²) < 4.78 is 5.34. The molecular weight excluding hydrogens is 354 g/mol. The van der Waals surface area contributed by atoms with Crippen molar-refractivity contribution in [2.75, 3.05) is 26.3 Å². The van der Waals surface area contributed by atoms with E-state index in [0.717, 1.165) is 28.3 Å². The van der Waals surface area contributed by atoms with Gasteiger partial charge < -0.3 is 19.6 Å². The number of aromatic amines is 2. The maximum atomic E-state index is 12.8. The molecule has 140 valence electrons. The van der Waals surface area contributed by atoms with Gasteiger partial charge in [0, 0.05) is 31.0 Å². The zero-order valence-electron chi connectivity index (χ0n) is 15.2. The molecule has 0 atom stereocenters. The number of carbonyl (C=O) groups excluding carboxylic acids is 1. The van der Waals surface area contributed by atoms with E-state index in [9.17, 15) is 4.79 Å². The molecule has 0 radical (unpaired) electrons. The van der Waals surface area contributed by atoms with Crippen LogP contribution < -0.4 is 0 Å². The highest BCUT2D eigenvalue weighted by Gasteiger charge is 2.20. The van der Waals surface area contributed by atoms with Crippen molar-refractivity contribution in [2.24, 2.45) is 0 Å². The second kappa shape index (κ2) is 6.94. The number of hydrogen-bond donors (Lipinski definition) is 2. The van der Waals surface area contributed by atoms with E-state index < -0.39 is 0 Å². The molecule has 5 rings (SSSR count). The number of H-pyrrole nitrogens is 2. The van der Waals surface area contributed by atoms with Gasteiger partial charge in [-0.25, -0.2) is 9.97 Å².